The minimum absolute atomic E-state index is 0.218. The number of aryl methyl sites for hydroxylation is 2. The molecule has 0 bridgehead atoms. The molecule has 1 aliphatic rings. The van der Waals surface area contributed by atoms with E-state index in [1.165, 1.54) is 0 Å². The van der Waals surface area contributed by atoms with E-state index in [1.54, 1.807) is 0 Å². The highest BCUT2D eigenvalue weighted by molar-refractivity contribution is 5.95. The van der Waals surface area contributed by atoms with Gasteiger partial charge in [0, 0.05) is 5.69 Å². The van der Waals surface area contributed by atoms with Gasteiger partial charge in [0.05, 0.1) is 11.8 Å². The summed E-state index contributed by atoms with van der Waals surface area (Å²) in [6.45, 7) is 3.99. The standard InChI is InChI=1S/C16H19NO3/c1-10-7-8-12(9-11(10)2)17-15(18)13-5-3-4-6-14(13)16(19)20/h3-4,7-9,13-14H,5-6H2,1-2H3,(H,17,18)(H,19,20). The van der Waals surface area contributed by atoms with Crippen molar-refractivity contribution < 1.29 is 14.7 Å². The highest BCUT2D eigenvalue weighted by Crippen LogP contribution is 2.27. The van der Waals surface area contributed by atoms with Gasteiger partial charge in [0.2, 0.25) is 5.91 Å². The van der Waals surface area contributed by atoms with Crippen LogP contribution in [0.25, 0.3) is 0 Å². The number of carboxylic acids is 1. The highest BCUT2D eigenvalue weighted by atomic mass is 16.4. The Labute approximate surface area is 118 Å². The molecule has 0 aliphatic heterocycles. The maximum absolute atomic E-state index is 12.3. The largest absolute Gasteiger partial charge is 0.481 e. The second-order valence-electron chi connectivity index (χ2n) is 5.28. The zero-order chi connectivity index (χ0) is 14.7. The summed E-state index contributed by atoms with van der Waals surface area (Å²) in [6, 6.07) is 5.69. The maximum atomic E-state index is 12.3. The van der Waals surface area contributed by atoms with Gasteiger partial charge in [-0.15, -0.1) is 0 Å². The molecule has 2 unspecified atom stereocenters. The number of allylic oxidation sites excluding steroid dienone is 2. The molecule has 106 valence electrons. The zero-order valence-corrected chi connectivity index (χ0v) is 11.7. The Morgan fingerprint density at radius 2 is 1.75 bits per heavy atom. The Morgan fingerprint density at radius 3 is 2.35 bits per heavy atom. The van der Waals surface area contributed by atoms with Crippen molar-refractivity contribution in [1.29, 1.82) is 0 Å². The average Bonchev–Trinajstić information content (AvgIpc) is 2.43. The topological polar surface area (TPSA) is 66.4 Å². The summed E-state index contributed by atoms with van der Waals surface area (Å²) in [7, 11) is 0. The van der Waals surface area contributed by atoms with Gasteiger partial charge in [0.1, 0.15) is 0 Å². The van der Waals surface area contributed by atoms with Crippen molar-refractivity contribution in [3.05, 3.63) is 41.5 Å². The molecule has 1 aliphatic carbocycles. The summed E-state index contributed by atoms with van der Waals surface area (Å²) >= 11 is 0. The third kappa shape index (κ3) is 3.07. The van der Waals surface area contributed by atoms with E-state index < -0.39 is 17.8 Å². The number of aliphatic carboxylic acids is 1. The fraction of sp³-hybridized carbons (Fsp3) is 0.375. The normalized spacial score (nSPS) is 21.5. The van der Waals surface area contributed by atoms with E-state index in [0.29, 0.717) is 12.8 Å². The fourth-order valence-electron chi connectivity index (χ4n) is 2.43. The summed E-state index contributed by atoms with van der Waals surface area (Å²) in [5, 5.41) is 12.0. The lowest BCUT2D eigenvalue weighted by molar-refractivity contribution is -0.146. The summed E-state index contributed by atoms with van der Waals surface area (Å²) in [5.41, 5.74) is 2.98. The van der Waals surface area contributed by atoms with E-state index in [2.05, 4.69) is 5.32 Å². The molecule has 0 radical (unpaired) electrons. The fourth-order valence-corrected chi connectivity index (χ4v) is 2.43. The van der Waals surface area contributed by atoms with E-state index in [9.17, 15) is 14.7 Å². The van der Waals surface area contributed by atoms with E-state index in [0.717, 1.165) is 16.8 Å². The minimum atomic E-state index is -0.908. The monoisotopic (exact) mass is 273 g/mol. The van der Waals surface area contributed by atoms with Crippen molar-refractivity contribution in [2.24, 2.45) is 11.8 Å². The second kappa shape index (κ2) is 5.90. The van der Waals surface area contributed by atoms with Gasteiger partial charge in [0.15, 0.2) is 0 Å². The molecule has 4 heteroatoms. The lowest BCUT2D eigenvalue weighted by Crippen LogP contribution is -2.34. The van der Waals surface area contributed by atoms with Gasteiger partial charge < -0.3 is 10.4 Å². The molecule has 0 aromatic heterocycles. The minimum Gasteiger partial charge on any atom is -0.481 e. The van der Waals surface area contributed by atoms with Crippen LogP contribution in [-0.2, 0) is 9.59 Å². The van der Waals surface area contributed by atoms with Crippen LogP contribution in [0.4, 0.5) is 5.69 Å². The van der Waals surface area contributed by atoms with Crippen LogP contribution in [-0.4, -0.2) is 17.0 Å². The van der Waals surface area contributed by atoms with Gasteiger partial charge in [-0.2, -0.15) is 0 Å². The number of benzene rings is 1. The van der Waals surface area contributed by atoms with Crippen LogP contribution in [0.2, 0.25) is 0 Å². The second-order valence-corrected chi connectivity index (χ2v) is 5.28. The number of anilines is 1. The summed E-state index contributed by atoms with van der Waals surface area (Å²) in [6.07, 6.45) is 4.61. The molecule has 1 amide bonds. The van der Waals surface area contributed by atoms with E-state index in [1.807, 2.05) is 44.2 Å². The molecule has 0 saturated heterocycles. The molecular weight excluding hydrogens is 254 g/mol. The number of carbonyl (C=O) groups excluding carboxylic acids is 1. The molecule has 2 N–H and O–H groups in total. The quantitative estimate of drug-likeness (QED) is 0.832. The Kier molecular flexibility index (Phi) is 4.23. The lowest BCUT2D eigenvalue weighted by Gasteiger charge is -2.24. The Bertz CT molecular complexity index is 563. The van der Waals surface area contributed by atoms with Crippen LogP contribution in [0.15, 0.2) is 30.4 Å². The van der Waals surface area contributed by atoms with Crippen LogP contribution in [0.3, 0.4) is 0 Å². The van der Waals surface area contributed by atoms with Crippen LogP contribution < -0.4 is 5.32 Å². The van der Waals surface area contributed by atoms with Crippen LogP contribution in [0, 0.1) is 25.7 Å². The van der Waals surface area contributed by atoms with Gasteiger partial charge >= 0.3 is 5.97 Å². The molecule has 2 rings (SSSR count). The van der Waals surface area contributed by atoms with Gasteiger partial charge in [-0.25, -0.2) is 0 Å². The predicted molar refractivity (Wildman–Crippen MR) is 77.5 cm³/mol. The molecule has 0 saturated carbocycles. The molecule has 1 aromatic rings. The third-order valence-corrected chi connectivity index (χ3v) is 3.86. The zero-order valence-electron chi connectivity index (χ0n) is 11.7. The molecule has 1 aromatic carbocycles. The summed E-state index contributed by atoms with van der Waals surface area (Å²) in [4.78, 5) is 23.5. The third-order valence-electron chi connectivity index (χ3n) is 3.86. The number of hydrogen-bond acceptors (Lipinski definition) is 2. The highest BCUT2D eigenvalue weighted by Gasteiger charge is 2.33. The molecule has 20 heavy (non-hydrogen) atoms. The SMILES string of the molecule is Cc1ccc(NC(=O)C2CC=CCC2C(=O)O)cc1C. The van der Waals surface area contributed by atoms with Crippen molar-refractivity contribution in [3.8, 4) is 0 Å². The maximum Gasteiger partial charge on any atom is 0.307 e. The van der Waals surface area contributed by atoms with Crippen LogP contribution in [0.1, 0.15) is 24.0 Å². The van der Waals surface area contributed by atoms with Crippen molar-refractivity contribution in [1.82, 2.24) is 0 Å². The lowest BCUT2D eigenvalue weighted by atomic mass is 9.82. The number of carbonyl (C=O) groups is 2. The number of nitrogens with one attached hydrogen (secondary N) is 1. The van der Waals surface area contributed by atoms with Crippen molar-refractivity contribution in [2.75, 3.05) is 5.32 Å². The van der Waals surface area contributed by atoms with E-state index in [4.69, 9.17) is 0 Å². The molecule has 2 atom stereocenters. The summed E-state index contributed by atoms with van der Waals surface area (Å²) in [5.74, 6) is -2.26. The van der Waals surface area contributed by atoms with Crippen molar-refractivity contribution in [3.63, 3.8) is 0 Å². The van der Waals surface area contributed by atoms with Crippen LogP contribution in [0.5, 0.6) is 0 Å². The molecule has 0 fully saturated rings. The van der Waals surface area contributed by atoms with Gasteiger partial charge in [-0.3, -0.25) is 9.59 Å². The first-order valence-electron chi connectivity index (χ1n) is 6.75. The van der Waals surface area contributed by atoms with E-state index in [-0.39, 0.29) is 5.91 Å². The Morgan fingerprint density at radius 1 is 1.10 bits per heavy atom. The molecule has 0 spiro atoms. The molecule has 0 heterocycles. The average molecular weight is 273 g/mol. The van der Waals surface area contributed by atoms with E-state index >= 15 is 0 Å². The van der Waals surface area contributed by atoms with Gasteiger partial charge in [-0.1, -0.05) is 18.2 Å². The number of carboxylic acid groups (broad SMARTS) is 1. The Hall–Kier alpha value is -2.10. The first-order valence-corrected chi connectivity index (χ1v) is 6.75. The van der Waals surface area contributed by atoms with Crippen LogP contribution >= 0.6 is 0 Å². The van der Waals surface area contributed by atoms with Gasteiger partial charge in [-0.05, 0) is 49.9 Å². The first-order chi connectivity index (χ1) is 9.49. The predicted octanol–water partition coefficient (Wildman–Crippen LogP) is 2.91. The van der Waals surface area contributed by atoms with Crippen molar-refractivity contribution in [2.45, 2.75) is 26.7 Å². The summed E-state index contributed by atoms with van der Waals surface area (Å²) < 4.78 is 0. The Balaban J connectivity index is 2.12. The van der Waals surface area contributed by atoms with Gasteiger partial charge in [0.25, 0.3) is 0 Å². The molecule has 4 nitrogen and oxygen atoms in total. The smallest absolute Gasteiger partial charge is 0.307 e. The van der Waals surface area contributed by atoms with Crippen molar-refractivity contribution >= 4 is 17.6 Å². The number of rotatable bonds is 3. The number of hydrogen-bond donors (Lipinski definition) is 2. The molecular formula is C16H19NO3. The number of amides is 1. The first kappa shape index (κ1) is 14.3.